The first kappa shape index (κ1) is 19.1. The standard InChI is InChI=1S/C20H22N2O4/c1-4-22(13-15-9-10-18(24-2)19(11-15)25-3)20(23)14-26-17-8-6-5-7-16(17)12-21/h5-11H,4,13-14H2,1-3H3. The summed E-state index contributed by atoms with van der Waals surface area (Å²) < 4.78 is 16.1. The predicted molar refractivity (Wildman–Crippen MR) is 97.3 cm³/mol. The third-order valence-electron chi connectivity index (χ3n) is 3.91. The lowest BCUT2D eigenvalue weighted by Gasteiger charge is -2.22. The second-order valence-corrected chi connectivity index (χ2v) is 5.49. The molecule has 0 aliphatic heterocycles. The summed E-state index contributed by atoms with van der Waals surface area (Å²) in [7, 11) is 3.15. The Hall–Kier alpha value is -3.20. The van der Waals surface area contributed by atoms with Gasteiger partial charge in [-0.05, 0) is 36.8 Å². The van der Waals surface area contributed by atoms with E-state index in [1.54, 1.807) is 43.4 Å². The average Bonchev–Trinajstić information content (AvgIpc) is 2.70. The molecule has 0 unspecified atom stereocenters. The Morgan fingerprint density at radius 3 is 2.46 bits per heavy atom. The molecule has 0 spiro atoms. The zero-order chi connectivity index (χ0) is 18.9. The van der Waals surface area contributed by atoms with E-state index in [9.17, 15) is 4.79 Å². The van der Waals surface area contributed by atoms with Crippen molar-refractivity contribution < 1.29 is 19.0 Å². The van der Waals surface area contributed by atoms with E-state index in [1.807, 2.05) is 25.1 Å². The van der Waals surface area contributed by atoms with Gasteiger partial charge in [-0.2, -0.15) is 5.26 Å². The molecule has 0 bridgehead atoms. The van der Waals surface area contributed by atoms with Crippen LogP contribution in [-0.2, 0) is 11.3 Å². The van der Waals surface area contributed by atoms with Crippen LogP contribution in [0.25, 0.3) is 0 Å². The molecule has 2 aromatic rings. The Bertz CT molecular complexity index is 799. The van der Waals surface area contributed by atoms with Crippen LogP contribution in [0.3, 0.4) is 0 Å². The summed E-state index contributed by atoms with van der Waals surface area (Å²) in [5.41, 5.74) is 1.33. The van der Waals surface area contributed by atoms with Crippen molar-refractivity contribution in [3.63, 3.8) is 0 Å². The van der Waals surface area contributed by atoms with Crippen LogP contribution < -0.4 is 14.2 Å². The van der Waals surface area contributed by atoms with Gasteiger partial charge in [0.2, 0.25) is 0 Å². The van der Waals surface area contributed by atoms with Crippen LogP contribution in [0.2, 0.25) is 0 Å². The number of amides is 1. The molecule has 2 rings (SSSR count). The summed E-state index contributed by atoms with van der Waals surface area (Å²) in [6, 6.07) is 14.5. The van der Waals surface area contributed by atoms with Crippen molar-refractivity contribution in [2.75, 3.05) is 27.4 Å². The second-order valence-electron chi connectivity index (χ2n) is 5.49. The Labute approximate surface area is 153 Å². The van der Waals surface area contributed by atoms with Gasteiger partial charge in [-0.3, -0.25) is 4.79 Å². The Morgan fingerprint density at radius 2 is 1.81 bits per heavy atom. The highest BCUT2D eigenvalue weighted by Gasteiger charge is 2.15. The molecule has 0 aromatic heterocycles. The van der Waals surface area contributed by atoms with E-state index in [0.29, 0.717) is 35.9 Å². The van der Waals surface area contributed by atoms with Crippen molar-refractivity contribution >= 4 is 5.91 Å². The van der Waals surface area contributed by atoms with Gasteiger partial charge >= 0.3 is 0 Å². The highest BCUT2D eigenvalue weighted by molar-refractivity contribution is 5.77. The molecule has 0 N–H and O–H groups in total. The highest BCUT2D eigenvalue weighted by Crippen LogP contribution is 2.28. The van der Waals surface area contributed by atoms with Crippen LogP contribution in [0, 0.1) is 11.3 Å². The number of nitrogens with zero attached hydrogens (tertiary/aromatic N) is 2. The first-order valence-corrected chi connectivity index (χ1v) is 8.23. The summed E-state index contributed by atoms with van der Waals surface area (Å²) in [5.74, 6) is 1.51. The molecule has 6 nitrogen and oxygen atoms in total. The van der Waals surface area contributed by atoms with E-state index < -0.39 is 0 Å². The summed E-state index contributed by atoms with van der Waals surface area (Å²) in [5, 5.41) is 9.08. The zero-order valence-corrected chi connectivity index (χ0v) is 15.2. The van der Waals surface area contributed by atoms with Crippen molar-refractivity contribution in [2.45, 2.75) is 13.5 Å². The largest absolute Gasteiger partial charge is 0.493 e. The van der Waals surface area contributed by atoms with Gasteiger partial charge in [0.1, 0.15) is 11.8 Å². The van der Waals surface area contributed by atoms with E-state index in [0.717, 1.165) is 5.56 Å². The van der Waals surface area contributed by atoms with Crippen molar-refractivity contribution in [1.29, 1.82) is 5.26 Å². The van der Waals surface area contributed by atoms with Crippen molar-refractivity contribution in [3.8, 4) is 23.3 Å². The summed E-state index contributed by atoms with van der Waals surface area (Å²) in [6.07, 6.45) is 0. The fourth-order valence-electron chi connectivity index (χ4n) is 2.49. The van der Waals surface area contributed by atoms with Crippen LogP contribution in [0.1, 0.15) is 18.1 Å². The van der Waals surface area contributed by atoms with E-state index in [-0.39, 0.29) is 12.5 Å². The average molecular weight is 354 g/mol. The Morgan fingerprint density at radius 1 is 1.08 bits per heavy atom. The maximum Gasteiger partial charge on any atom is 0.260 e. The Balaban J connectivity index is 2.04. The lowest BCUT2D eigenvalue weighted by atomic mass is 10.2. The third kappa shape index (κ3) is 4.67. The molecule has 1 amide bonds. The van der Waals surface area contributed by atoms with Gasteiger partial charge < -0.3 is 19.1 Å². The summed E-state index contributed by atoms with van der Waals surface area (Å²) in [6.45, 7) is 2.75. The number of methoxy groups -OCH3 is 2. The number of hydrogen-bond acceptors (Lipinski definition) is 5. The minimum absolute atomic E-state index is 0.125. The van der Waals surface area contributed by atoms with Gasteiger partial charge in [0.15, 0.2) is 18.1 Å². The van der Waals surface area contributed by atoms with Gasteiger partial charge in [-0.1, -0.05) is 18.2 Å². The molecule has 0 aliphatic rings. The fourth-order valence-corrected chi connectivity index (χ4v) is 2.49. The highest BCUT2D eigenvalue weighted by atomic mass is 16.5. The predicted octanol–water partition coefficient (Wildman–Crippen LogP) is 3.00. The first-order valence-electron chi connectivity index (χ1n) is 8.23. The number of benzene rings is 2. The van der Waals surface area contributed by atoms with Gasteiger partial charge in [0.25, 0.3) is 5.91 Å². The van der Waals surface area contributed by atoms with E-state index in [1.165, 1.54) is 0 Å². The van der Waals surface area contributed by atoms with E-state index in [4.69, 9.17) is 19.5 Å². The lowest BCUT2D eigenvalue weighted by molar-refractivity contribution is -0.133. The molecule has 0 fully saturated rings. The summed E-state index contributed by atoms with van der Waals surface area (Å²) >= 11 is 0. The SMILES string of the molecule is CCN(Cc1ccc(OC)c(OC)c1)C(=O)COc1ccccc1C#N. The number of para-hydroxylation sites is 1. The van der Waals surface area contributed by atoms with Gasteiger partial charge in [-0.15, -0.1) is 0 Å². The molecule has 0 radical (unpaired) electrons. The monoisotopic (exact) mass is 354 g/mol. The minimum Gasteiger partial charge on any atom is -0.493 e. The Kier molecular flexibility index (Phi) is 6.86. The number of carbonyl (C=O) groups excluding carboxylic acids is 1. The van der Waals surface area contributed by atoms with Crippen LogP contribution in [-0.4, -0.2) is 38.2 Å². The maximum atomic E-state index is 12.5. The molecule has 0 aliphatic carbocycles. The minimum atomic E-state index is -0.157. The van der Waals surface area contributed by atoms with Gasteiger partial charge in [0, 0.05) is 13.1 Å². The van der Waals surface area contributed by atoms with Crippen LogP contribution >= 0.6 is 0 Å². The fraction of sp³-hybridized carbons (Fsp3) is 0.300. The quantitative estimate of drug-likeness (QED) is 0.729. The normalized spacial score (nSPS) is 9.92. The first-order chi connectivity index (χ1) is 12.6. The third-order valence-corrected chi connectivity index (χ3v) is 3.91. The number of nitriles is 1. The molecule has 2 aromatic carbocycles. The zero-order valence-electron chi connectivity index (χ0n) is 15.2. The van der Waals surface area contributed by atoms with Crippen molar-refractivity contribution in [2.24, 2.45) is 0 Å². The van der Waals surface area contributed by atoms with Crippen LogP contribution in [0.4, 0.5) is 0 Å². The molecule has 0 saturated carbocycles. The molecule has 0 heterocycles. The molecule has 26 heavy (non-hydrogen) atoms. The molecule has 0 atom stereocenters. The molecule has 0 saturated heterocycles. The van der Waals surface area contributed by atoms with Crippen molar-refractivity contribution in [3.05, 3.63) is 53.6 Å². The van der Waals surface area contributed by atoms with Gasteiger partial charge in [-0.25, -0.2) is 0 Å². The number of rotatable bonds is 8. The van der Waals surface area contributed by atoms with Gasteiger partial charge in [0.05, 0.1) is 19.8 Å². The number of ether oxygens (including phenoxy) is 3. The second kappa shape index (κ2) is 9.33. The molecular weight excluding hydrogens is 332 g/mol. The van der Waals surface area contributed by atoms with Crippen LogP contribution in [0.5, 0.6) is 17.2 Å². The summed E-state index contributed by atoms with van der Waals surface area (Å²) in [4.78, 5) is 14.2. The number of hydrogen-bond donors (Lipinski definition) is 0. The molecular formula is C20H22N2O4. The molecule has 136 valence electrons. The maximum absolute atomic E-state index is 12.5. The van der Waals surface area contributed by atoms with E-state index >= 15 is 0 Å². The lowest BCUT2D eigenvalue weighted by Crippen LogP contribution is -2.34. The van der Waals surface area contributed by atoms with E-state index in [2.05, 4.69) is 6.07 Å². The number of likely N-dealkylation sites (N-methyl/N-ethyl adjacent to an activating group) is 1. The van der Waals surface area contributed by atoms with Crippen LogP contribution in [0.15, 0.2) is 42.5 Å². The molecule has 6 heteroatoms. The topological polar surface area (TPSA) is 71.8 Å². The smallest absolute Gasteiger partial charge is 0.260 e. The number of carbonyl (C=O) groups is 1. The van der Waals surface area contributed by atoms with Crippen molar-refractivity contribution in [1.82, 2.24) is 4.90 Å².